The van der Waals surface area contributed by atoms with E-state index in [0.717, 1.165) is 42.1 Å². The van der Waals surface area contributed by atoms with Crippen molar-refractivity contribution in [2.75, 3.05) is 19.6 Å². The quantitative estimate of drug-likeness (QED) is 0.903. The lowest BCUT2D eigenvalue weighted by Gasteiger charge is -2.24. The van der Waals surface area contributed by atoms with Gasteiger partial charge in [0.2, 0.25) is 0 Å². The van der Waals surface area contributed by atoms with Crippen LogP contribution in [0.15, 0.2) is 22.7 Å². The Morgan fingerprint density at radius 1 is 1.39 bits per heavy atom. The van der Waals surface area contributed by atoms with Crippen LogP contribution in [0.4, 0.5) is 4.39 Å². The van der Waals surface area contributed by atoms with E-state index in [1.54, 1.807) is 12.1 Å². The molecule has 3 rings (SSSR count). The second kappa shape index (κ2) is 5.27. The molecule has 1 aromatic rings. The fourth-order valence-corrected chi connectivity index (χ4v) is 3.54. The van der Waals surface area contributed by atoms with Gasteiger partial charge >= 0.3 is 0 Å². The van der Waals surface area contributed by atoms with E-state index >= 15 is 0 Å². The zero-order valence-electron chi connectivity index (χ0n) is 10.3. The van der Waals surface area contributed by atoms with Crippen LogP contribution in [0.25, 0.3) is 0 Å². The van der Waals surface area contributed by atoms with Gasteiger partial charge in [-0.1, -0.05) is 15.9 Å². The third kappa shape index (κ3) is 2.60. The largest absolute Gasteiger partial charge is 0.312 e. The van der Waals surface area contributed by atoms with Crippen molar-refractivity contribution in [3.63, 3.8) is 0 Å². The Morgan fingerprint density at radius 2 is 2.28 bits per heavy atom. The first-order valence-corrected chi connectivity index (χ1v) is 7.41. The van der Waals surface area contributed by atoms with Crippen molar-refractivity contribution >= 4 is 15.9 Å². The van der Waals surface area contributed by atoms with Gasteiger partial charge < -0.3 is 5.32 Å². The van der Waals surface area contributed by atoms with Crippen LogP contribution in [0.1, 0.15) is 18.4 Å². The molecule has 0 amide bonds. The molecule has 0 aliphatic carbocycles. The summed E-state index contributed by atoms with van der Waals surface area (Å²) in [4.78, 5) is 2.44. The van der Waals surface area contributed by atoms with Crippen LogP contribution in [0.2, 0.25) is 0 Å². The third-order valence-electron chi connectivity index (χ3n) is 4.08. The predicted octanol–water partition coefficient (Wildman–Crippen LogP) is 2.77. The van der Waals surface area contributed by atoms with E-state index in [2.05, 4.69) is 26.1 Å². The maximum absolute atomic E-state index is 13.3. The molecule has 0 bridgehead atoms. The average molecular weight is 313 g/mol. The van der Waals surface area contributed by atoms with Gasteiger partial charge in [0.1, 0.15) is 5.82 Å². The lowest BCUT2D eigenvalue weighted by atomic mass is 9.94. The van der Waals surface area contributed by atoms with Gasteiger partial charge in [0, 0.05) is 30.1 Å². The maximum atomic E-state index is 13.3. The number of rotatable bonds is 2. The molecule has 4 heteroatoms. The number of hydrogen-bond acceptors (Lipinski definition) is 2. The number of hydrogen-bond donors (Lipinski definition) is 1. The SMILES string of the molecule is Fc1ccc(Br)c(CN2C[C@@H]3CCCN[C@@H]3C2)c1. The normalized spacial score (nSPS) is 28.3. The standard InChI is InChI=1S/C14H18BrFN2/c15-13-4-3-12(16)6-11(13)8-18-7-10-2-1-5-17-14(10)9-18/h3-4,6,10,14,17H,1-2,5,7-9H2/t10-,14+/m0/s1. The van der Waals surface area contributed by atoms with Crippen molar-refractivity contribution in [2.24, 2.45) is 5.92 Å². The van der Waals surface area contributed by atoms with Gasteiger partial charge in [-0.25, -0.2) is 4.39 Å². The fourth-order valence-electron chi connectivity index (χ4n) is 3.17. The van der Waals surface area contributed by atoms with Crippen molar-refractivity contribution in [1.29, 1.82) is 0 Å². The van der Waals surface area contributed by atoms with Crippen molar-refractivity contribution < 1.29 is 4.39 Å². The van der Waals surface area contributed by atoms with E-state index in [1.165, 1.54) is 18.9 Å². The molecule has 0 saturated carbocycles. The molecule has 18 heavy (non-hydrogen) atoms. The van der Waals surface area contributed by atoms with Gasteiger partial charge in [-0.3, -0.25) is 4.90 Å². The summed E-state index contributed by atoms with van der Waals surface area (Å²) in [7, 11) is 0. The molecule has 2 aliphatic heterocycles. The van der Waals surface area contributed by atoms with Crippen LogP contribution in [-0.4, -0.2) is 30.6 Å². The highest BCUT2D eigenvalue weighted by molar-refractivity contribution is 9.10. The summed E-state index contributed by atoms with van der Waals surface area (Å²) in [5.41, 5.74) is 1.05. The number of likely N-dealkylation sites (tertiary alicyclic amines) is 1. The molecule has 98 valence electrons. The second-order valence-corrected chi connectivity index (χ2v) is 6.25. The molecule has 2 heterocycles. The van der Waals surface area contributed by atoms with Gasteiger partial charge in [-0.2, -0.15) is 0 Å². The van der Waals surface area contributed by atoms with Crippen molar-refractivity contribution in [3.05, 3.63) is 34.1 Å². The number of piperidine rings is 1. The molecule has 2 fully saturated rings. The fraction of sp³-hybridized carbons (Fsp3) is 0.571. The van der Waals surface area contributed by atoms with Gasteiger partial charge in [0.25, 0.3) is 0 Å². The summed E-state index contributed by atoms with van der Waals surface area (Å²) < 4.78 is 14.3. The molecule has 2 saturated heterocycles. The Kier molecular flexibility index (Phi) is 3.68. The van der Waals surface area contributed by atoms with Crippen molar-refractivity contribution in [1.82, 2.24) is 10.2 Å². The Morgan fingerprint density at radius 3 is 3.11 bits per heavy atom. The Balaban J connectivity index is 1.68. The number of benzene rings is 1. The van der Waals surface area contributed by atoms with Crippen LogP contribution < -0.4 is 5.32 Å². The summed E-state index contributed by atoms with van der Waals surface area (Å²) in [6.45, 7) is 4.22. The maximum Gasteiger partial charge on any atom is 0.123 e. The molecule has 2 nitrogen and oxygen atoms in total. The average Bonchev–Trinajstić information content (AvgIpc) is 2.76. The monoisotopic (exact) mass is 312 g/mol. The van der Waals surface area contributed by atoms with E-state index < -0.39 is 0 Å². The van der Waals surface area contributed by atoms with E-state index in [9.17, 15) is 4.39 Å². The van der Waals surface area contributed by atoms with E-state index in [-0.39, 0.29) is 5.82 Å². The first kappa shape index (κ1) is 12.6. The van der Waals surface area contributed by atoms with Crippen LogP contribution in [-0.2, 0) is 6.54 Å². The minimum absolute atomic E-state index is 0.150. The second-order valence-electron chi connectivity index (χ2n) is 5.39. The van der Waals surface area contributed by atoms with Crippen molar-refractivity contribution in [2.45, 2.75) is 25.4 Å². The van der Waals surface area contributed by atoms with E-state index in [4.69, 9.17) is 0 Å². The Hall–Kier alpha value is -0.450. The summed E-state index contributed by atoms with van der Waals surface area (Å²) in [5.74, 6) is 0.633. The van der Waals surface area contributed by atoms with Crippen LogP contribution in [0.5, 0.6) is 0 Å². The minimum atomic E-state index is -0.150. The first-order valence-electron chi connectivity index (χ1n) is 6.62. The molecule has 0 spiro atoms. The topological polar surface area (TPSA) is 15.3 Å². The van der Waals surface area contributed by atoms with E-state index in [1.807, 2.05) is 0 Å². The lowest BCUT2D eigenvalue weighted by Crippen LogP contribution is -2.40. The van der Waals surface area contributed by atoms with E-state index in [0.29, 0.717) is 6.04 Å². The smallest absolute Gasteiger partial charge is 0.123 e. The zero-order chi connectivity index (χ0) is 12.5. The van der Waals surface area contributed by atoms with Crippen LogP contribution >= 0.6 is 15.9 Å². The first-order chi connectivity index (χ1) is 8.72. The molecule has 0 aromatic heterocycles. The number of nitrogens with zero attached hydrogens (tertiary/aromatic N) is 1. The highest BCUT2D eigenvalue weighted by atomic mass is 79.9. The van der Waals surface area contributed by atoms with Crippen LogP contribution in [0, 0.1) is 11.7 Å². The number of nitrogens with one attached hydrogen (secondary N) is 1. The molecular weight excluding hydrogens is 295 g/mol. The predicted molar refractivity (Wildman–Crippen MR) is 73.9 cm³/mol. The lowest BCUT2D eigenvalue weighted by molar-refractivity contribution is 0.311. The van der Waals surface area contributed by atoms with Gasteiger partial charge in [0.15, 0.2) is 0 Å². The highest BCUT2D eigenvalue weighted by Gasteiger charge is 2.34. The molecule has 0 unspecified atom stereocenters. The summed E-state index contributed by atoms with van der Waals surface area (Å²) in [5, 5.41) is 3.60. The van der Waals surface area contributed by atoms with Gasteiger partial charge in [-0.15, -0.1) is 0 Å². The molecule has 2 aliphatic rings. The molecule has 2 atom stereocenters. The molecule has 1 aromatic carbocycles. The van der Waals surface area contributed by atoms with Gasteiger partial charge in [-0.05, 0) is 49.1 Å². The minimum Gasteiger partial charge on any atom is -0.312 e. The summed E-state index contributed by atoms with van der Waals surface area (Å²) in [6, 6.07) is 5.58. The molecule has 1 N–H and O–H groups in total. The summed E-state index contributed by atoms with van der Waals surface area (Å²) >= 11 is 3.51. The summed E-state index contributed by atoms with van der Waals surface area (Å²) in [6.07, 6.45) is 2.62. The Labute approximate surface area is 116 Å². The molecule has 0 radical (unpaired) electrons. The third-order valence-corrected chi connectivity index (χ3v) is 4.85. The zero-order valence-corrected chi connectivity index (χ0v) is 11.9. The highest BCUT2D eigenvalue weighted by Crippen LogP contribution is 2.27. The number of halogens is 2. The van der Waals surface area contributed by atoms with Gasteiger partial charge in [0.05, 0.1) is 0 Å². The number of fused-ring (bicyclic) bond motifs is 1. The molecular formula is C14H18BrFN2. The Bertz CT molecular complexity index is 424. The van der Waals surface area contributed by atoms with Crippen LogP contribution in [0.3, 0.4) is 0 Å². The van der Waals surface area contributed by atoms with Crippen molar-refractivity contribution in [3.8, 4) is 0 Å².